The van der Waals surface area contributed by atoms with Crippen molar-refractivity contribution in [2.75, 3.05) is 13.6 Å². The van der Waals surface area contributed by atoms with Crippen LogP contribution in [-0.2, 0) is 9.59 Å². The summed E-state index contributed by atoms with van der Waals surface area (Å²) >= 11 is 0. The van der Waals surface area contributed by atoms with E-state index < -0.39 is 5.97 Å². The summed E-state index contributed by atoms with van der Waals surface area (Å²) in [5.74, 6) is -0.941. The van der Waals surface area contributed by atoms with E-state index in [0.717, 1.165) is 0 Å². The van der Waals surface area contributed by atoms with Gasteiger partial charge < -0.3 is 15.7 Å². The van der Waals surface area contributed by atoms with Crippen LogP contribution in [0.4, 0.5) is 0 Å². The van der Waals surface area contributed by atoms with E-state index in [2.05, 4.69) is 10.6 Å². The van der Waals surface area contributed by atoms with Crippen LogP contribution in [0.25, 0.3) is 0 Å². The van der Waals surface area contributed by atoms with Crippen molar-refractivity contribution >= 4 is 11.9 Å². The number of rotatable bonds is 6. The van der Waals surface area contributed by atoms with Gasteiger partial charge in [-0.3, -0.25) is 9.59 Å². The number of hydrogen-bond donors (Lipinski definition) is 3. The summed E-state index contributed by atoms with van der Waals surface area (Å²) in [6, 6.07) is -0.232. The summed E-state index contributed by atoms with van der Waals surface area (Å²) in [7, 11) is 1.70. The van der Waals surface area contributed by atoms with Crippen LogP contribution >= 0.6 is 0 Å². The molecule has 0 radical (unpaired) electrons. The van der Waals surface area contributed by atoms with Gasteiger partial charge in [0.15, 0.2) is 0 Å². The van der Waals surface area contributed by atoms with Crippen molar-refractivity contribution in [3.8, 4) is 0 Å². The Hall–Kier alpha value is -1.10. The number of amides is 1. The second-order valence-electron chi connectivity index (χ2n) is 2.80. The lowest BCUT2D eigenvalue weighted by molar-refractivity contribution is -0.137. The monoisotopic (exact) mass is 188 g/mol. The third-order valence-electron chi connectivity index (χ3n) is 1.69. The maximum atomic E-state index is 11.1. The first-order chi connectivity index (χ1) is 6.07. The lowest BCUT2D eigenvalue weighted by Gasteiger charge is -2.09. The third kappa shape index (κ3) is 6.10. The van der Waals surface area contributed by atoms with Crippen LogP contribution in [0.2, 0.25) is 0 Å². The zero-order valence-corrected chi connectivity index (χ0v) is 7.96. The first-order valence-electron chi connectivity index (χ1n) is 4.24. The topological polar surface area (TPSA) is 78.4 Å². The third-order valence-corrected chi connectivity index (χ3v) is 1.69. The molecule has 3 N–H and O–H groups in total. The first kappa shape index (κ1) is 11.9. The highest BCUT2D eigenvalue weighted by molar-refractivity contribution is 5.81. The number of carboxylic acid groups (broad SMARTS) is 1. The molecule has 76 valence electrons. The largest absolute Gasteiger partial charge is 0.481 e. The molecular weight excluding hydrogens is 172 g/mol. The summed E-state index contributed by atoms with van der Waals surface area (Å²) in [5, 5.41) is 13.7. The number of carboxylic acids is 1. The summed E-state index contributed by atoms with van der Waals surface area (Å²) in [5.41, 5.74) is 0. The van der Waals surface area contributed by atoms with E-state index in [9.17, 15) is 9.59 Å². The molecule has 5 nitrogen and oxygen atoms in total. The van der Waals surface area contributed by atoms with E-state index in [1.807, 2.05) is 0 Å². The molecule has 0 aromatic carbocycles. The quantitative estimate of drug-likeness (QED) is 0.494. The average molecular weight is 188 g/mol. The number of nitrogens with one attached hydrogen (secondary N) is 2. The predicted molar refractivity (Wildman–Crippen MR) is 48.4 cm³/mol. The molecule has 0 aromatic rings. The second-order valence-corrected chi connectivity index (χ2v) is 2.80. The van der Waals surface area contributed by atoms with Crippen molar-refractivity contribution in [1.29, 1.82) is 0 Å². The molecule has 0 bridgehead atoms. The van der Waals surface area contributed by atoms with Crippen LogP contribution < -0.4 is 10.6 Å². The number of carbonyl (C=O) groups is 2. The second kappa shape index (κ2) is 6.42. The molecule has 0 fully saturated rings. The molecule has 0 rings (SSSR count). The van der Waals surface area contributed by atoms with Crippen molar-refractivity contribution in [2.45, 2.75) is 25.8 Å². The normalized spacial score (nSPS) is 12.2. The van der Waals surface area contributed by atoms with Gasteiger partial charge >= 0.3 is 5.97 Å². The molecule has 13 heavy (non-hydrogen) atoms. The Bertz CT molecular complexity index is 182. The molecule has 1 amide bonds. The molecule has 0 aromatic heterocycles. The lowest BCUT2D eigenvalue weighted by atomic mass is 10.3. The highest BCUT2D eigenvalue weighted by atomic mass is 16.4. The molecule has 0 spiro atoms. The van der Waals surface area contributed by atoms with Gasteiger partial charge in [0.1, 0.15) is 0 Å². The Kier molecular flexibility index (Phi) is 5.88. The zero-order chi connectivity index (χ0) is 10.3. The van der Waals surface area contributed by atoms with Crippen LogP contribution in [0.5, 0.6) is 0 Å². The molecule has 1 unspecified atom stereocenters. The van der Waals surface area contributed by atoms with Gasteiger partial charge in [-0.2, -0.15) is 0 Å². The number of hydrogen-bond acceptors (Lipinski definition) is 3. The molecule has 0 heterocycles. The zero-order valence-electron chi connectivity index (χ0n) is 7.96. The van der Waals surface area contributed by atoms with Gasteiger partial charge in [-0.15, -0.1) is 0 Å². The van der Waals surface area contributed by atoms with Crippen LogP contribution in [0.1, 0.15) is 19.8 Å². The Labute approximate surface area is 77.5 Å². The van der Waals surface area contributed by atoms with Crippen molar-refractivity contribution in [1.82, 2.24) is 10.6 Å². The standard InChI is InChI=1S/C8H16N2O3/c1-6(9-2)8(13)10-5-3-4-7(11)12/h6,9H,3-5H2,1-2H3,(H,10,13)(H,11,12). The van der Waals surface area contributed by atoms with Crippen LogP contribution in [0, 0.1) is 0 Å². The van der Waals surface area contributed by atoms with Gasteiger partial charge in [-0.1, -0.05) is 0 Å². The Morgan fingerprint density at radius 2 is 2.08 bits per heavy atom. The van der Waals surface area contributed by atoms with E-state index in [-0.39, 0.29) is 18.4 Å². The summed E-state index contributed by atoms with van der Waals surface area (Å²) in [6.07, 6.45) is 0.561. The maximum Gasteiger partial charge on any atom is 0.303 e. The highest BCUT2D eigenvalue weighted by Gasteiger charge is 2.08. The van der Waals surface area contributed by atoms with Crippen molar-refractivity contribution in [2.24, 2.45) is 0 Å². The van der Waals surface area contributed by atoms with E-state index in [4.69, 9.17) is 5.11 Å². The van der Waals surface area contributed by atoms with Gasteiger partial charge in [-0.25, -0.2) is 0 Å². The minimum atomic E-state index is -0.837. The van der Waals surface area contributed by atoms with E-state index >= 15 is 0 Å². The number of likely N-dealkylation sites (N-methyl/N-ethyl adjacent to an activating group) is 1. The van der Waals surface area contributed by atoms with E-state index in [1.165, 1.54) is 0 Å². The fourth-order valence-corrected chi connectivity index (χ4v) is 0.735. The van der Waals surface area contributed by atoms with Gasteiger partial charge in [0, 0.05) is 13.0 Å². The molecule has 0 aliphatic rings. The van der Waals surface area contributed by atoms with Crippen molar-refractivity contribution in [3.05, 3.63) is 0 Å². The van der Waals surface area contributed by atoms with Gasteiger partial charge in [-0.05, 0) is 20.4 Å². The van der Waals surface area contributed by atoms with E-state index in [1.54, 1.807) is 14.0 Å². The number of carbonyl (C=O) groups excluding carboxylic acids is 1. The maximum absolute atomic E-state index is 11.1. The Morgan fingerprint density at radius 3 is 2.54 bits per heavy atom. The van der Waals surface area contributed by atoms with Gasteiger partial charge in [0.2, 0.25) is 5.91 Å². The smallest absolute Gasteiger partial charge is 0.303 e. The molecule has 0 saturated heterocycles. The fraction of sp³-hybridized carbons (Fsp3) is 0.750. The lowest BCUT2D eigenvalue weighted by Crippen LogP contribution is -2.40. The van der Waals surface area contributed by atoms with Crippen molar-refractivity contribution < 1.29 is 14.7 Å². The van der Waals surface area contributed by atoms with E-state index in [0.29, 0.717) is 13.0 Å². The van der Waals surface area contributed by atoms with Gasteiger partial charge in [0.05, 0.1) is 6.04 Å². The molecule has 1 atom stereocenters. The Balaban J connectivity index is 3.42. The predicted octanol–water partition coefficient (Wildman–Crippen LogP) is -0.425. The van der Waals surface area contributed by atoms with Crippen LogP contribution in [0.15, 0.2) is 0 Å². The molecule has 5 heteroatoms. The summed E-state index contributed by atoms with van der Waals surface area (Å²) in [4.78, 5) is 21.2. The molecular formula is C8H16N2O3. The molecule has 0 aliphatic heterocycles. The SMILES string of the molecule is CNC(C)C(=O)NCCCC(=O)O. The Morgan fingerprint density at radius 1 is 1.46 bits per heavy atom. The minimum Gasteiger partial charge on any atom is -0.481 e. The average Bonchev–Trinajstić information content (AvgIpc) is 2.10. The molecule has 0 saturated carbocycles. The highest BCUT2D eigenvalue weighted by Crippen LogP contribution is 1.87. The molecule has 0 aliphatic carbocycles. The fourth-order valence-electron chi connectivity index (χ4n) is 0.735. The van der Waals surface area contributed by atoms with Crippen LogP contribution in [0.3, 0.4) is 0 Å². The number of aliphatic carboxylic acids is 1. The van der Waals surface area contributed by atoms with Crippen molar-refractivity contribution in [3.63, 3.8) is 0 Å². The first-order valence-corrected chi connectivity index (χ1v) is 4.24. The minimum absolute atomic E-state index is 0.0915. The summed E-state index contributed by atoms with van der Waals surface area (Å²) in [6.45, 7) is 2.16. The van der Waals surface area contributed by atoms with Gasteiger partial charge in [0.25, 0.3) is 0 Å². The summed E-state index contributed by atoms with van der Waals surface area (Å²) < 4.78 is 0. The van der Waals surface area contributed by atoms with Crippen LogP contribution in [-0.4, -0.2) is 36.6 Å².